The van der Waals surface area contributed by atoms with E-state index in [1.165, 1.54) is 0 Å². The van der Waals surface area contributed by atoms with Gasteiger partial charge in [-0.2, -0.15) is 0 Å². The first kappa shape index (κ1) is 14.7. The second-order valence-electron chi connectivity index (χ2n) is 4.60. The van der Waals surface area contributed by atoms with Crippen LogP contribution in [0.25, 0.3) is 0 Å². The van der Waals surface area contributed by atoms with E-state index in [-0.39, 0.29) is 5.91 Å². The Balaban J connectivity index is 2.31. The number of nitrogens with two attached hydrogens (primary N) is 1. The molecule has 0 aliphatic heterocycles. The maximum absolute atomic E-state index is 12.1. The number of nitrogens with zero attached hydrogens (tertiary/aromatic N) is 2. The number of nitrogens with one attached hydrogen (secondary N) is 1. The SMILES string of the molecule is CCC(CC)(CN)C(=O)NCCCn1ccnc1. The van der Waals surface area contributed by atoms with Gasteiger partial charge in [0.1, 0.15) is 0 Å². The highest BCUT2D eigenvalue weighted by molar-refractivity contribution is 5.82. The summed E-state index contributed by atoms with van der Waals surface area (Å²) in [4.78, 5) is 16.1. The molecule has 18 heavy (non-hydrogen) atoms. The van der Waals surface area contributed by atoms with Crippen molar-refractivity contribution >= 4 is 5.91 Å². The zero-order chi connectivity index (χ0) is 13.4. The molecule has 0 saturated carbocycles. The van der Waals surface area contributed by atoms with E-state index in [1.807, 2.05) is 24.6 Å². The van der Waals surface area contributed by atoms with Crippen LogP contribution >= 0.6 is 0 Å². The number of imidazole rings is 1. The summed E-state index contributed by atoms with van der Waals surface area (Å²) in [6, 6.07) is 0. The monoisotopic (exact) mass is 252 g/mol. The van der Waals surface area contributed by atoms with E-state index in [1.54, 1.807) is 12.5 Å². The van der Waals surface area contributed by atoms with Gasteiger partial charge >= 0.3 is 0 Å². The van der Waals surface area contributed by atoms with Crippen LogP contribution in [0.5, 0.6) is 0 Å². The first-order chi connectivity index (χ1) is 8.68. The van der Waals surface area contributed by atoms with Crippen LogP contribution in [-0.2, 0) is 11.3 Å². The van der Waals surface area contributed by atoms with Crippen molar-refractivity contribution in [2.45, 2.75) is 39.7 Å². The third-order valence-corrected chi connectivity index (χ3v) is 3.66. The van der Waals surface area contributed by atoms with Crippen LogP contribution in [0.4, 0.5) is 0 Å². The summed E-state index contributed by atoms with van der Waals surface area (Å²) in [6.07, 6.45) is 7.93. The Hall–Kier alpha value is -1.36. The molecule has 5 nitrogen and oxygen atoms in total. The van der Waals surface area contributed by atoms with E-state index < -0.39 is 5.41 Å². The fraction of sp³-hybridized carbons (Fsp3) is 0.692. The number of aryl methyl sites for hydroxylation is 1. The van der Waals surface area contributed by atoms with Crippen LogP contribution in [0.15, 0.2) is 18.7 Å². The van der Waals surface area contributed by atoms with Crippen molar-refractivity contribution in [2.75, 3.05) is 13.1 Å². The Morgan fingerprint density at radius 1 is 1.44 bits per heavy atom. The van der Waals surface area contributed by atoms with Crippen LogP contribution in [0.3, 0.4) is 0 Å². The number of hydrogen-bond acceptors (Lipinski definition) is 3. The zero-order valence-electron chi connectivity index (χ0n) is 11.4. The molecule has 0 fully saturated rings. The molecule has 0 saturated heterocycles. The fourth-order valence-corrected chi connectivity index (χ4v) is 2.02. The van der Waals surface area contributed by atoms with Crippen molar-refractivity contribution in [2.24, 2.45) is 11.1 Å². The topological polar surface area (TPSA) is 72.9 Å². The molecule has 0 spiro atoms. The maximum atomic E-state index is 12.1. The molecule has 0 aromatic carbocycles. The van der Waals surface area contributed by atoms with E-state index in [0.717, 1.165) is 25.8 Å². The Labute approximate surface area is 109 Å². The van der Waals surface area contributed by atoms with E-state index in [9.17, 15) is 4.79 Å². The highest BCUT2D eigenvalue weighted by Gasteiger charge is 2.32. The summed E-state index contributed by atoms with van der Waals surface area (Å²) in [7, 11) is 0. The lowest BCUT2D eigenvalue weighted by Crippen LogP contribution is -2.45. The lowest BCUT2D eigenvalue weighted by atomic mass is 9.81. The summed E-state index contributed by atoms with van der Waals surface area (Å²) < 4.78 is 2.00. The largest absolute Gasteiger partial charge is 0.356 e. The van der Waals surface area contributed by atoms with E-state index in [4.69, 9.17) is 5.73 Å². The highest BCUT2D eigenvalue weighted by Crippen LogP contribution is 2.24. The van der Waals surface area contributed by atoms with Crippen LogP contribution in [-0.4, -0.2) is 28.5 Å². The molecule has 5 heteroatoms. The molecular formula is C13H24N4O. The number of carbonyl (C=O) groups is 1. The molecule has 0 aliphatic rings. The van der Waals surface area contributed by atoms with Gasteiger partial charge in [-0.15, -0.1) is 0 Å². The molecule has 0 radical (unpaired) electrons. The Morgan fingerprint density at radius 2 is 2.17 bits per heavy atom. The Morgan fingerprint density at radius 3 is 2.67 bits per heavy atom. The molecule has 1 aromatic rings. The van der Waals surface area contributed by atoms with Crippen molar-refractivity contribution < 1.29 is 4.79 Å². The Kier molecular flexibility index (Phi) is 5.85. The van der Waals surface area contributed by atoms with Gasteiger partial charge in [0.2, 0.25) is 5.91 Å². The summed E-state index contributed by atoms with van der Waals surface area (Å²) in [5.41, 5.74) is 5.34. The van der Waals surface area contributed by atoms with Crippen molar-refractivity contribution in [3.8, 4) is 0 Å². The van der Waals surface area contributed by atoms with E-state index in [0.29, 0.717) is 13.1 Å². The molecule has 1 aromatic heterocycles. The van der Waals surface area contributed by atoms with Gasteiger partial charge in [-0.3, -0.25) is 4.79 Å². The number of aromatic nitrogens is 2. The number of carbonyl (C=O) groups excluding carboxylic acids is 1. The van der Waals surface area contributed by atoms with Crippen molar-refractivity contribution in [1.29, 1.82) is 0 Å². The minimum absolute atomic E-state index is 0.0839. The minimum atomic E-state index is -0.394. The van der Waals surface area contributed by atoms with Gasteiger partial charge < -0.3 is 15.6 Å². The first-order valence-electron chi connectivity index (χ1n) is 6.62. The summed E-state index contributed by atoms with van der Waals surface area (Å²) in [6.45, 7) is 5.99. The smallest absolute Gasteiger partial charge is 0.227 e. The predicted octanol–water partition coefficient (Wildman–Crippen LogP) is 1.15. The van der Waals surface area contributed by atoms with Gasteiger partial charge in [0.15, 0.2) is 0 Å². The summed E-state index contributed by atoms with van der Waals surface area (Å²) >= 11 is 0. The average Bonchev–Trinajstić information content (AvgIpc) is 2.90. The van der Waals surface area contributed by atoms with Crippen LogP contribution in [0.2, 0.25) is 0 Å². The third-order valence-electron chi connectivity index (χ3n) is 3.66. The van der Waals surface area contributed by atoms with E-state index in [2.05, 4.69) is 10.3 Å². The molecule has 0 bridgehead atoms. The van der Waals surface area contributed by atoms with Gasteiger partial charge in [0, 0.05) is 32.0 Å². The molecule has 1 rings (SSSR count). The van der Waals surface area contributed by atoms with Gasteiger partial charge in [-0.1, -0.05) is 13.8 Å². The standard InChI is InChI=1S/C13H24N4O/c1-3-13(4-2,10-14)12(18)16-6-5-8-17-9-7-15-11-17/h7,9,11H,3-6,8,10,14H2,1-2H3,(H,16,18). The van der Waals surface area contributed by atoms with Crippen molar-refractivity contribution in [3.63, 3.8) is 0 Å². The maximum Gasteiger partial charge on any atom is 0.227 e. The van der Waals surface area contributed by atoms with Crippen LogP contribution < -0.4 is 11.1 Å². The molecule has 1 heterocycles. The normalized spacial score (nSPS) is 11.5. The fourth-order valence-electron chi connectivity index (χ4n) is 2.02. The van der Waals surface area contributed by atoms with Gasteiger partial charge in [0.05, 0.1) is 11.7 Å². The molecule has 0 unspecified atom stereocenters. The van der Waals surface area contributed by atoms with Gasteiger partial charge in [-0.25, -0.2) is 4.98 Å². The summed E-state index contributed by atoms with van der Waals surface area (Å²) in [5.74, 6) is 0.0839. The van der Waals surface area contributed by atoms with Crippen LogP contribution in [0.1, 0.15) is 33.1 Å². The molecular weight excluding hydrogens is 228 g/mol. The number of amides is 1. The molecule has 3 N–H and O–H groups in total. The Bertz CT molecular complexity index is 336. The predicted molar refractivity (Wildman–Crippen MR) is 71.9 cm³/mol. The molecule has 0 atom stereocenters. The average molecular weight is 252 g/mol. The molecule has 1 amide bonds. The van der Waals surface area contributed by atoms with Gasteiger partial charge in [-0.05, 0) is 19.3 Å². The minimum Gasteiger partial charge on any atom is -0.356 e. The lowest BCUT2D eigenvalue weighted by molar-refractivity contribution is -0.131. The second kappa shape index (κ2) is 7.16. The zero-order valence-corrected chi connectivity index (χ0v) is 11.4. The van der Waals surface area contributed by atoms with Crippen LogP contribution in [0, 0.1) is 5.41 Å². The van der Waals surface area contributed by atoms with Crippen molar-refractivity contribution in [1.82, 2.24) is 14.9 Å². The lowest BCUT2D eigenvalue weighted by Gasteiger charge is -2.28. The summed E-state index contributed by atoms with van der Waals surface area (Å²) in [5, 5.41) is 2.99. The first-order valence-corrected chi connectivity index (χ1v) is 6.62. The highest BCUT2D eigenvalue weighted by atomic mass is 16.2. The molecule has 102 valence electrons. The third kappa shape index (κ3) is 3.57. The quantitative estimate of drug-likeness (QED) is 0.682. The number of rotatable bonds is 8. The second-order valence-corrected chi connectivity index (χ2v) is 4.60. The van der Waals surface area contributed by atoms with E-state index >= 15 is 0 Å². The molecule has 0 aliphatic carbocycles. The van der Waals surface area contributed by atoms with Crippen molar-refractivity contribution in [3.05, 3.63) is 18.7 Å². The van der Waals surface area contributed by atoms with Gasteiger partial charge in [0.25, 0.3) is 0 Å². The number of hydrogen-bond donors (Lipinski definition) is 2.